The Kier molecular flexibility index (Phi) is 7.12. The molecular formula is C32H35F2NO4. The second-order valence-electron chi connectivity index (χ2n) is 11.9. The van der Waals surface area contributed by atoms with Crippen LogP contribution in [0.2, 0.25) is 0 Å². The van der Waals surface area contributed by atoms with Crippen LogP contribution < -0.4 is 9.47 Å². The minimum absolute atomic E-state index is 0.0442. The number of hydrogen-bond donors (Lipinski definition) is 1. The van der Waals surface area contributed by atoms with E-state index in [-0.39, 0.29) is 30.1 Å². The van der Waals surface area contributed by atoms with Crippen molar-refractivity contribution in [2.24, 2.45) is 5.41 Å². The summed E-state index contributed by atoms with van der Waals surface area (Å²) in [5.74, 6) is -1.15. The Labute approximate surface area is 228 Å². The van der Waals surface area contributed by atoms with Gasteiger partial charge in [-0.3, -0.25) is 4.79 Å². The molecule has 0 aliphatic heterocycles. The zero-order valence-electron chi connectivity index (χ0n) is 22.9. The van der Waals surface area contributed by atoms with Gasteiger partial charge in [-0.05, 0) is 65.3 Å². The second kappa shape index (κ2) is 10.2. The topological polar surface area (TPSA) is 68.7 Å². The van der Waals surface area contributed by atoms with Gasteiger partial charge in [-0.1, -0.05) is 51.5 Å². The average molecular weight is 536 g/mol. The fourth-order valence-electron chi connectivity index (χ4n) is 6.65. The van der Waals surface area contributed by atoms with Crippen LogP contribution in [0.4, 0.5) is 8.78 Å². The summed E-state index contributed by atoms with van der Waals surface area (Å²) in [6, 6.07) is 10.9. The molecule has 5 rings (SSSR count). The minimum Gasteiger partial charge on any atom is -0.486 e. The van der Waals surface area contributed by atoms with E-state index in [1.54, 1.807) is 19.1 Å². The highest BCUT2D eigenvalue weighted by molar-refractivity contribution is 5.71. The highest BCUT2D eigenvalue weighted by Crippen LogP contribution is 2.51. The number of ether oxygens (including phenoxy) is 2. The summed E-state index contributed by atoms with van der Waals surface area (Å²) >= 11 is 0. The van der Waals surface area contributed by atoms with E-state index in [9.17, 15) is 14.3 Å². The van der Waals surface area contributed by atoms with Gasteiger partial charge in [0.05, 0.1) is 19.7 Å². The fraction of sp³-hybridized carbons (Fsp3) is 0.438. The standard InChI is InChI=1S/C32H35F2NO4/c1-31(2)12-5-6-24(31)22-14-19(7-9-21(22)23-15-27(38-4)35-17-25(23)33)18-39-26-10-8-20-11-13-32(3,16-28(36)37)29(20)30(26)34/h7-10,14-15,17,24H,5-6,11-13,16,18H2,1-4H3,(H,36,37)/t24-,32+/m0/s1. The molecule has 0 bridgehead atoms. The van der Waals surface area contributed by atoms with E-state index < -0.39 is 23.0 Å². The molecule has 0 unspecified atom stereocenters. The van der Waals surface area contributed by atoms with Crippen LogP contribution in [-0.2, 0) is 23.2 Å². The Morgan fingerprint density at radius 1 is 1.10 bits per heavy atom. The third-order valence-corrected chi connectivity index (χ3v) is 8.76. The van der Waals surface area contributed by atoms with Gasteiger partial charge < -0.3 is 14.6 Å². The van der Waals surface area contributed by atoms with E-state index in [1.165, 1.54) is 13.3 Å². The number of aromatic nitrogens is 1. The highest BCUT2D eigenvalue weighted by atomic mass is 19.1. The van der Waals surface area contributed by atoms with Gasteiger partial charge in [0, 0.05) is 22.6 Å². The van der Waals surface area contributed by atoms with Crippen LogP contribution in [0.5, 0.6) is 11.6 Å². The molecule has 1 N–H and O–H groups in total. The number of pyridine rings is 1. The van der Waals surface area contributed by atoms with Crippen molar-refractivity contribution in [3.8, 4) is 22.8 Å². The number of aliphatic carboxylic acids is 1. The van der Waals surface area contributed by atoms with Gasteiger partial charge in [-0.15, -0.1) is 0 Å². The van der Waals surface area contributed by atoms with Gasteiger partial charge in [-0.25, -0.2) is 13.8 Å². The predicted molar refractivity (Wildman–Crippen MR) is 145 cm³/mol. The molecule has 0 spiro atoms. The smallest absolute Gasteiger partial charge is 0.304 e. The van der Waals surface area contributed by atoms with Gasteiger partial charge >= 0.3 is 5.97 Å². The number of methoxy groups -OCH3 is 1. The van der Waals surface area contributed by atoms with E-state index >= 15 is 4.39 Å². The monoisotopic (exact) mass is 535 g/mol. The molecule has 0 radical (unpaired) electrons. The Bertz CT molecular complexity index is 1420. The van der Waals surface area contributed by atoms with Gasteiger partial charge in [-0.2, -0.15) is 0 Å². The summed E-state index contributed by atoms with van der Waals surface area (Å²) in [4.78, 5) is 15.5. The van der Waals surface area contributed by atoms with E-state index in [4.69, 9.17) is 9.47 Å². The first-order valence-corrected chi connectivity index (χ1v) is 13.5. The van der Waals surface area contributed by atoms with Crippen molar-refractivity contribution < 1.29 is 28.2 Å². The van der Waals surface area contributed by atoms with Crippen molar-refractivity contribution in [3.63, 3.8) is 0 Å². The Morgan fingerprint density at radius 3 is 2.59 bits per heavy atom. The van der Waals surface area contributed by atoms with Gasteiger partial charge in [0.15, 0.2) is 11.6 Å². The van der Waals surface area contributed by atoms with Crippen LogP contribution in [0.15, 0.2) is 42.6 Å². The highest BCUT2D eigenvalue weighted by Gasteiger charge is 2.40. The molecule has 206 valence electrons. The van der Waals surface area contributed by atoms with Crippen molar-refractivity contribution in [2.45, 2.75) is 77.2 Å². The molecule has 5 nitrogen and oxygen atoms in total. The van der Waals surface area contributed by atoms with Crippen molar-refractivity contribution in [2.75, 3.05) is 7.11 Å². The molecule has 0 saturated heterocycles. The maximum absolute atomic E-state index is 15.7. The van der Waals surface area contributed by atoms with E-state index in [1.807, 2.05) is 18.2 Å². The summed E-state index contributed by atoms with van der Waals surface area (Å²) < 4.78 is 41.9. The number of benzene rings is 2. The number of fused-ring (bicyclic) bond motifs is 1. The quantitative estimate of drug-likeness (QED) is 0.322. The lowest BCUT2D eigenvalue weighted by atomic mass is 9.75. The van der Waals surface area contributed by atoms with Crippen LogP contribution >= 0.6 is 0 Å². The third kappa shape index (κ3) is 5.11. The molecule has 39 heavy (non-hydrogen) atoms. The number of hydrogen-bond acceptors (Lipinski definition) is 4. The lowest BCUT2D eigenvalue weighted by Crippen LogP contribution is -2.24. The maximum atomic E-state index is 15.7. The molecule has 2 aliphatic carbocycles. The van der Waals surface area contributed by atoms with Crippen LogP contribution in [0.25, 0.3) is 11.1 Å². The molecule has 1 fully saturated rings. The number of aryl methyl sites for hydroxylation is 1. The molecule has 1 saturated carbocycles. The molecule has 3 aromatic rings. The molecule has 2 atom stereocenters. The maximum Gasteiger partial charge on any atom is 0.304 e. The van der Waals surface area contributed by atoms with E-state index in [0.717, 1.165) is 41.5 Å². The summed E-state index contributed by atoms with van der Waals surface area (Å²) in [6.45, 7) is 6.43. The molecule has 2 aliphatic rings. The Hall–Kier alpha value is -3.48. The molecular weight excluding hydrogens is 500 g/mol. The zero-order valence-corrected chi connectivity index (χ0v) is 22.9. The molecule has 1 aromatic heterocycles. The first-order valence-electron chi connectivity index (χ1n) is 13.5. The number of carboxylic acids is 1. The molecule has 0 amide bonds. The van der Waals surface area contributed by atoms with Gasteiger partial charge in [0.2, 0.25) is 5.88 Å². The van der Waals surface area contributed by atoms with E-state index in [0.29, 0.717) is 29.8 Å². The molecule has 2 aromatic carbocycles. The minimum atomic E-state index is -0.943. The second-order valence-corrected chi connectivity index (χ2v) is 11.9. The van der Waals surface area contributed by atoms with Crippen molar-refractivity contribution >= 4 is 5.97 Å². The Balaban J connectivity index is 1.49. The summed E-state index contributed by atoms with van der Waals surface area (Å²) in [5, 5.41) is 9.39. The average Bonchev–Trinajstić information content (AvgIpc) is 3.42. The number of rotatable bonds is 8. The number of carbonyl (C=O) groups is 1. The molecule has 7 heteroatoms. The lowest BCUT2D eigenvalue weighted by molar-refractivity contribution is -0.138. The number of halogens is 2. The lowest BCUT2D eigenvalue weighted by Gasteiger charge is -2.30. The van der Waals surface area contributed by atoms with Crippen LogP contribution in [0.3, 0.4) is 0 Å². The van der Waals surface area contributed by atoms with Gasteiger partial charge in [0.25, 0.3) is 0 Å². The van der Waals surface area contributed by atoms with Crippen LogP contribution in [-0.4, -0.2) is 23.2 Å². The summed E-state index contributed by atoms with van der Waals surface area (Å²) in [6.07, 6.45) is 5.46. The summed E-state index contributed by atoms with van der Waals surface area (Å²) in [7, 11) is 1.51. The number of nitrogens with zero attached hydrogens (tertiary/aromatic N) is 1. The predicted octanol–water partition coefficient (Wildman–Crippen LogP) is 7.59. The SMILES string of the molecule is COc1cc(-c2ccc(COc3ccc4c(c3F)[C@@](C)(CC(=O)O)CC4)cc2[C@@H]2CCCC2(C)C)c(F)cn1. The third-order valence-electron chi connectivity index (χ3n) is 8.76. The summed E-state index contributed by atoms with van der Waals surface area (Å²) in [5.41, 5.74) is 3.70. The largest absolute Gasteiger partial charge is 0.486 e. The number of carboxylic acid groups (broad SMARTS) is 1. The zero-order chi connectivity index (χ0) is 27.9. The van der Waals surface area contributed by atoms with Crippen LogP contribution in [0, 0.1) is 17.0 Å². The van der Waals surface area contributed by atoms with E-state index in [2.05, 4.69) is 24.9 Å². The molecule has 1 heterocycles. The van der Waals surface area contributed by atoms with Crippen molar-refractivity contribution in [1.29, 1.82) is 0 Å². The van der Waals surface area contributed by atoms with Crippen molar-refractivity contribution in [1.82, 2.24) is 4.98 Å². The van der Waals surface area contributed by atoms with Gasteiger partial charge in [0.1, 0.15) is 12.4 Å². The first-order chi connectivity index (χ1) is 18.5. The Morgan fingerprint density at radius 2 is 1.90 bits per heavy atom. The van der Waals surface area contributed by atoms with Crippen LogP contribution in [0.1, 0.15) is 81.0 Å². The fourth-order valence-corrected chi connectivity index (χ4v) is 6.65. The first kappa shape index (κ1) is 27.1. The van der Waals surface area contributed by atoms with Crippen molar-refractivity contribution in [3.05, 3.63) is 76.5 Å². The normalized spacial score (nSPS) is 21.5.